The molecule has 21 heavy (non-hydrogen) atoms. The van der Waals surface area contributed by atoms with Crippen LogP contribution in [0.5, 0.6) is 0 Å². The van der Waals surface area contributed by atoms with Crippen molar-refractivity contribution in [2.24, 2.45) is 7.05 Å². The maximum atomic E-state index is 12.4. The predicted molar refractivity (Wildman–Crippen MR) is 78.1 cm³/mol. The molecule has 0 radical (unpaired) electrons. The van der Waals surface area contributed by atoms with Crippen LogP contribution in [0, 0.1) is 13.8 Å². The molecule has 0 amide bonds. The topological polar surface area (TPSA) is 105 Å². The number of nitrogens with zero attached hydrogens (tertiary/aromatic N) is 3. The SMILES string of the molecule is CNCc1c(S(=O)(=O)NCc2cn(C)nc2C)n[nH]c1C. The summed E-state index contributed by atoms with van der Waals surface area (Å²) < 4.78 is 29.0. The summed E-state index contributed by atoms with van der Waals surface area (Å²) in [5, 5.41) is 13.8. The van der Waals surface area contributed by atoms with Gasteiger partial charge in [-0.05, 0) is 20.9 Å². The van der Waals surface area contributed by atoms with Gasteiger partial charge in [0.05, 0.1) is 5.69 Å². The van der Waals surface area contributed by atoms with Gasteiger partial charge in [-0.25, -0.2) is 13.1 Å². The van der Waals surface area contributed by atoms with Gasteiger partial charge in [0.25, 0.3) is 10.0 Å². The zero-order chi connectivity index (χ0) is 15.6. The Morgan fingerprint density at radius 2 is 2.05 bits per heavy atom. The Hall–Kier alpha value is -1.71. The van der Waals surface area contributed by atoms with Crippen molar-refractivity contribution in [1.29, 1.82) is 0 Å². The lowest BCUT2D eigenvalue weighted by atomic mass is 10.3. The van der Waals surface area contributed by atoms with Crippen molar-refractivity contribution in [3.63, 3.8) is 0 Å². The molecule has 3 N–H and O–H groups in total. The highest BCUT2D eigenvalue weighted by atomic mass is 32.2. The van der Waals surface area contributed by atoms with Crippen molar-refractivity contribution in [2.75, 3.05) is 7.05 Å². The van der Waals surface area contributed by atoms with Gasteiger partial charge in [0.2, 0.25) is 0 Å². The molecule has 0 fully saturated rings. The molecule has 2 aromatic rings. The minimum Gasteiger partial charge on any atom is -0.316 e. The lowest BCUT2D eigenvalue weighted by Gasteiger charge is -2.06. The number of aromatic amines is 1. The Kier molecular flexibility index (Phi) is 4.45. The first kappa shape index (κ1) is 15.7. The van der Waals surface area contributed by atoms with Gasteiger partial charge in [-0.15, -0.1) is 0 Å². The molecule has 0 aliphatic rings. The third-order valence-corrected chi connectivity index (χ3v) is 4.58. The fourth-order valence-corrected chi connectivity index (χ4v) is 3.30. The molecule has 2 rings (SSSR count). The van der Waals surface area contributed by atoms with E-state index >= 15 is 0 Å². The van der Waals surface area contributed by atoms with Crippen LogP contribution in [-0.2, 0) is 30.2 Å². The molecule has 2 heterocycles. The molecule has 0 atom stereocenters. The molecule has 0 bridgehead atoms. The molecule has 0 saturated heterocycles. The van der Waals surface area contributed by atoms with Gasteiger partial charge in [-0.1, -0.05) is 0 Å². The van der Waals surface area contributed by atoms with E-state index in [9.17, 15) is 8.42 Å². The van der Waals surface area contributed by atoms with E-state index in [4.69, 9.17) is 0 Å². The van der Waals surface area contributed by atoms with Crippen molar-refractivity contribution >= 4 is 10.0 Å². The second-order valence-electron chi connectivity index (χ2n) is 4.90. The Morgan fingerprint density at radius 3 is 2.62 bits per heavy atom. The summed E-state index contributed by atoms with van der Waals surface area (Å²) in [7, 11) is -0.109. The van der Waals surface area contributed by atoms with Gasteiger partial charge in [0.1, 0.15) is 0 Å². The summed E-state index contributed by atoms with van der Waals surface area (Å²) in [6.07, 6.45) is 1.79. The number of nitrogens with one attached hydrogen (secondary N) is 3. The number of rotatable bonds is 6. The Morgan fingerprint density at radius 1 is 1.33 bits per heavy atom. The van der Waals surface area contributed by atoms with E-state index in [1.165, 1.54) is 0 Å². The average Bonchev–Trinajstić information content (AvgIpc) is 2.92. The maximum Gasteiger partial charge on any atom is 0.260 e. The second-order valence-corrected chi connectivity index (χ2v) is 6.58. The minimum absolute atomic E-state index is 0.0379. The number of H-pyrrole nitrogens is 1. The van der Waals surface area contributed by atoms with Gasteiger partial charge >= 0.3 is 0 Å². The summed E-state index contributed by atoms with van der Waals surface area (Å²) in [6, 6.07) is 0. The minimum atomic E-state index is -3.67. The fraction of sp³-hybridized carbons (Fsp3) is 0.500. The summed E-state index contributed by atoms with van der Waals surface area (Å²) in [6.45, 7) is 4.26. The zero-order valence-corrected chi connectivity index (χ0v) is 13.4. The van der Waals surface area contributed by atoms with Crippen molar-refractivity contribution in [3.05, 3.63) is 28.7 Å². The van der Waals surface area contributed by atoms with E-state index in [0.717, 1.165) is 17.0 Å². The zero-order valence-electron chi connectivity index (χ0n) is 12.6. The average molecular weight is 312 g/mol. The third kappa shape index (κ3) is 3.31. The van der Waals surface area contributed by atoms with Crippen molar-refractivity contribution in [2.45, 2.75) is 32.0 Å². The lowest BCUT2D eigenvalue weighted by Crippen LogP contribution is -2.25. The number of hydrogen-bond donors (Lipinski definition) is 3. The summed E-state index contributed by atoms with van der Waals surface area (Å²) in [4.78, 5) is 0. The highest BCUT2D eigenvalue weighted by Crippen LogP contribution is 2.16. The van der Waals surface area contributed by atoms with E-state index in [0.29, 0.717) is 12.1 Å². The van der Waals surface area contributed by atoms with Crippen LogP contribution in [0.3, 0.4) is 0 Å². The molecule has 0 aromatic carbocycles. The normalized spacial score (nSPS) is 12.0. The molecule has 9 heteroatoms. The van der Waals surface area contributed by atoms with Crippen LogP contribution in [0.2, 0.25) is 0 Å². The molecule has 0 unspecified atom stereocenters. The Balaban J connectivity index is 2.21. The molecular formula is C12H20N6O2S. The quantitative estimate of drug-likeness (QED) is 0.694. The van der Waals surface area contributed by atoms with Gasteiger partial charge < -0.3 is 5.32 Å². The van der Waals surface area contributed by atoms with Crippen LogP contribution in [-0.4, -0.2) is 35.4 Å². The van der Waals surface area contributed by atoms with Crippen LogP contribution < -0.4 is 10.0 Å². The number of aryl methyl sites for hydroxylation is 3. The van der Waals surface area contributed by atoms with Crippen LogP contribution in [0.4, 0.5) is 0 Å². The van der Waals surface area contributed by atoms with Gasteiger partial charge in [0.15, 0.2) is 5.03 Å². The smallest absolute Gasteiger partial charge is 0.260 e. The first-order valence-electron chi connectivity index (χ1n) is 6.52. The van der Waals surface area contributed by atoms with Crippen LogP contribution >= 0.6 is 0 Å². The second kappa shape index (κ2) is 5.96. The Bertz CT molecular complexity index is 731. The molecule has 0 saturated carbocycles. The lowest BCUT2D eigenvalue weighted by molar-refractivity contribution is 0.574. The van der Waals surface area contributed by atoms with Gasteiger partial charge in [-0.2, -0.15) is 10.2 Å². The highest BCUT2D eigenvalue weighted by molar-refractivity contribution is 7.89. The number of hydrogen-bond acceptors (Lipinski definition) is 5. The molecule has 8 nitrogen and oxygen atoms in total. The Labute approximate surface area is 124 Å². The third-order valence-electron chi connectivity index (χ3n) is 3.21. The monoisotopic (exact) mass is 312 g/mol. The molecule has 0 aliphatic heterocycles. The molecular weight excluding hydrogens is 292 g/mol. The van der Waals surface area contributed by atoms with E-state index in [1.54, 1.807) is 31.9 Å². The summed E-state index contributed by atoms with van der Waals surface area (Å²) in [5.74, 6) is 0. The van der Waals surface area contributed by atoms with Crippen molar-refractivity contribution < 1.29 is 8.42 Å². The van der Waals surface area contributed by atoms with E-state index in [1.807, 2.05) is 6.92 Å². The van der Waals surface area contributed by atoms with Crippen LogP contribution in [0.15, 0.2) is 11.2 Å². The number of sulfonamides is 1. The fourth-order valence-electron chi connectivity index (χ4n) is 2.10. The first-order chi connectivity index (χ1) is 9.85. The van der Waals surface area contributed by atoms with Crippen molar-refractivity contribution in [1.82, 2.24) is 30.0 Å². The van der Waals surface area contributed by atoms with E-state index in [-0.39, 0.29) is 11.6 Å². The van der Waals surface area contributed by atoms with E-state index in [2.05, 4.69) is 25.3 Å². The maximum absolute atomic E-state index is 12.4. The molecule has 0 spiro atoms. The highest BCUT2D eigenvalue weighted by Gasteiger charge is 2.23. The number of aromatic nitrogens is 4. The van der Waals surface area contributed by atoms with Gasteiger partial charge in [-0.3, -0.25) is 9.78 Å². The standard InChI is InChI=1S/C12H20N6O2S/c1-8-10(7-18(4)17-8)5-14-21(19,20)12-11(6-13-3)9(2)15-16-12/h7,13-14H,5-6H2,1-4H3,(H,15,16). The van der Waals surface area contributed by atoms with Crippen LogP contribution in [0.1, 0.15) is 22.5 Å². The van der Waals surface area contributed by atoms with Crippen molar-refractivity contribution in [3.8, 4) is 0 Å². The summed E-state index contributed by atoms with van der Waals surface area (Å²) in [5.41, 5.74) is 3.02. The van der Waals surface area contributed by atoms with Crippen LogP contribution in [0.25, 0.3) is 0 Å². The predicted octanol–water partition coefficient (Wildman–Crippen LogP) is -0.0421. The first-order valence-corrected chi connectivity index (χ1v) is 8.00. The molecule has 0 aliphatic carbocycles. The van der Waals surface area contributed by atoms with Gasteiger partial charge in [0, 0.05) is 43.2 Å². The molecule has 116 valence electrons. The molecule has 2 aromatic heterocycles. The largest absolute Gasteiger partial charge is 0.316 e. The summed E-state index contributed by atoms with van der Waals surface area (Å²) >= 11 is 0. The van der Waals surface area contributed by atoms with E-state index < -0.39 is 10.0 Å².